The van der Waals surface area contributed by atoms with Crippen molar-refractivity contribution >= 4 is 6.03 Å². The SMILES string of the molecule is CC(C)NC(=O)NC(C)(C)Cc1ccccc1. The summed E-state index contributed by atoms with van der Waals surface area (Å²) in [6, 6.07) is 10.2. The molecule has 0 heterocycles. The lowest BCUT2D eigenvalue weighted by Gasteiger charge is -2.27. The Labute approximate surface area is 104 Å². The normalized spacial score (nSPS) is 11.4. The summed E-state index contributed by atoms with van der Waals surface area (Å²) in [6.45, 7) is 7.95. The average Bonchev–Trinajstić information content (AvgIpc) is 2.15. The van der Waals surface area contributed by atoms with Crippen molar-refractivity contribution in [2.24, 2.45) is 0 Å². The van der Waals surface area contributed by atoms with Gasteiger partial charge in [-0.1, -0.05) is 30.3 Å². The summed E-state index contributed by atoms with van der Waals surface area (Å²) in [6.07, 6.45) is 0.819. The molecule has 1 rings (SSSR count). The first-order chi connectivity index (χ1) is 7.89. The highest BCUT2D eigenvalue weighted by atomic mass is 16.2. The Morgan fingerprint density at radius 1 is 1.24 bits per heavy atom. The number of hydrogen-bond donors (Lipinski definition) is 2. The Balaban J connectivity index is 2.54. The van der Waals surface area contributed by atoms with E-state index in [1.807, 2.05) is 45.9 Å². The zero-order chi connectivity index (χ0) is 12.9. The zero-order valence-corrected chi connectivity index (χ0v) is 11.1. The van der Waals surface area contributed by atoms with Crippen LogP contribution in [0.2, 0.25) is 0 Å². The molecule has 17 heavy (non-hydrogen) atoms. The van der Waals surface area contributed by atoms with Gasteiger partial charge >= 0.3 is 6.03 Å². The van der Waals surface area contributed by atoms with Gasteiger partial charge in [0, 0.05) is 11.6 Å². The second-order valence-corrected chi connectivity index (χ2v) is 5.30. The van der Waals surface area contributed by atoms with Crippen molar-refractivity contribution in [2.75, 3.05) is 0 Å². The van der Waals surface area contributed by atoms with Crippen molar-refractivity contribution in [1.82, 2.24) is 10.6 Å². The largest absolute Gasteiger partial charge is 0.336 e. The Morgan fingerprint density at radius 3 is 2.35 bits per heavy atom. The number of amides is 2. The quantitative estimate of drug-likeness (QED) is 0.826. The molecule has 0 aliphatic heterocycles. The number of hydrogen-bond acceptors (Lipinski definition) is 1. The zero-order valence-electron chi connectivity index (χ0n) is 11.1. The summed E-state index contributed by atoms with van der Waals surface area (Å²) >= 11 is 0. The van der Waals surface area contributed by atoms with Crippen LogP contribution in [0.1, 0.15) is 33.3 Å². The number of urea groups is 1. The van der Waals surface area contributed by atoms with E-state index in [0.29, 0.717) is 0 Å². The van der Waals surface area contributed by atoms with Crippen molar-refractivity contribution in [3.05, 3.63) is 35.9 Å². The first-order valence-electron chi connectivity index (χ1n) is 6.02. The molecule has 0 saturated carbocycles. The van der Waals surface area contributed by atoms with Crippen LogP contribution in [0.25, 0.3) is 0 Å². The minimum absolute atomic E-state index is 0.110. The Bertz CT molecular complexity index is 358. The summed E-state index contributed by atoms with van der Waals surface area (Å²) < 4.78 is 0. The number of rotatable bonds is 4. The van der Waals surface area contributed by atoms with Crippen LogP contribution in [-0.4, -0.2) is 17.6 Å². The van der Waals surface area contributed by atoms with Crippen molar-refractivity contribution in [1.29, 1.82) is 0 Å². The summed E-state index contributed by atoms with van der Waals surface area (Å²) in [4.78, 5) is 11.6. The molecule has 2 N–H and O–H groups in total. The molecule has 3 nitrogen and oxygen atoms in total. The second-order valence-electron chi connectivity index (χ2n) is 5.30. The summed E-state index contributed by atoms with van der Waals surface area (Å²) in [7, 11) is 0. The number of carbonyl (C=O) groups excluding carboxylic acids is 1. The van der Waals surface area contributed by atoms with Gasteiger partial charge in [-0.15, -0.1) is 0 Å². The molecule has 0 unspecified atom stereocenters. The maximum atomic E-state index is 11.6. The molecular formula is C14H22N2O. The van der Waals surface area contributed by atoms with Crippen molar-refractivity contribution in [3.63, 3.8) is 0 Å². The summed E-state index contributed by atoms with van der Waals surface area (Å²) in [5.74, 6) is 0. The van der Waals surface area contributed by atoms with E-state index in [9.17, 15) is 4.79 Å². The lowest BCUT2D eigenvalue weighted by atomic mass is 9.95. The van der Waals surface area contributed by atoms with Crippen molar-refractivity contribution in [3.8, 4) is 0 Å². The van der Waals surface area contributed by atoms with E-state index < -0.39 is 0 Å². The fourth-order valence-corrected chi connectivity index (χ4v) is 1.76. The van der Waals surface area contributed by atoms with Crippen LogP contribution in [0.4, 0.5) is 4.79 Å². The molecular weight excluding hydrogens is 212 g/mol. The van der Waals surface area contributed by atoms with Crippen LogP contribution in [0, 0.1) is 0 Å². The Morgan fingerprint density at radius 2 is 1.82 bits per heavy atom. The second kappa shape index (κ2) is 5.71. The van der Waals surface area contributed by atoms with E-state index in [1.54, 1.807) is 0 Å². The molecule has 3 heteroatoms. The Kier molecular flexibility index (Phi) is 4.55. The molecule has 0 aliphatic carbocycles. The highest BCUT2D eigenvalue weighted by Crippen LogP contribution is 2.12. The van der Waals surface area contributed by atoms with E-state index in [4.69, 9.17) is 0 Å². The molecule has 94 valence electrons. The third-order valence-electron chi connectivity index (χ3n) is 2.36. The minimum Gasteiger partial charge on any atom is -0.336 e. The van der Waals surface area contributed by atoms with Gasteiger partial charge in [-0.25, -0.2) is 4.79 Å². The van der Waals surface area contributed by atoms with Crippen LogP contribution >= 0.6 is 0 Å². The smallest absolute Gasteiger partial charge is 0.315 e. The Hall–Kier alpha value is -1.51. The molecule has 0 aromatic heterocycles. The average molecular weight is 234 g/mol. The fraction of sp³-hybridized carbons (Fsp3) is 0.500. The minimum atomic E-state index is -0.250. The molecule has 0 fully saturated rings. The van der Waals surface area contributed by atoms with E-state index in [1.165, 1.54) is 5.56 Å². The first-order valence-corrected chi connectivity index (χ1v) is 6.02. The highest BCUT2D eigenvalue weighted by Gasteiger charge is 2.20. The number of carbonyl (C=O) groups is 1. The van der Waals surface area contributed by atoms with Gasteiger partial charge in [0.05, 0.1) is 0 Å². The number of nitrogens with one attached hydrogen (secondary N) is 2. The van der Waals surface area contributed by atoms with Crippen molar-refractivity contribution in [2.45, 2.75) is 45.7 Å². The molecule has 0 atom stereocenters. The summed E-state index contributed by atoms with van der Waals surface area (Å²) in [5.41, 5.74) is 0.975. The van der Waals surface area contributed by atoms with Crippen LogP contribution in [0.15, 0.2) is 30.3 Å². The monoisotopic (exact) mass is 234 g/mol. The fourth-order valence-electron chi connectivity index (χ4n) is 1.76. The third kappa shape index (κ3) is 5.38. The molecule has 1 aromatic carbocycles. The molecule has 0 aliphatic rings. The molecule has 0 bridgehead atoms. The van der Waals surface area contributed by atoms with Crippen molar-refractivity contribution < 1.29 is 4.79 Å². The topological polar surface area (TPSA) is 41.1 Å². The lowest BCUT2D eigenvalue weighted by molar-refractivity contribution is 0.227. The molecule has 0 spiro atoms. The third-order valence-corrected chi connectivity index (χ3v) is 2.36. The highest BCUT2D eigenvalue weighted by molar-refractivity contribution is 5.75. The predicted molar refractivity (Wildman–Crippen MR) is 71.0 cm³/mol. The van der Waals surface area contributed by atoms with E-state index in [-0.39, 0.29) is 17.6 Å². The van der Waals surface area contributed by atoms with Crippen LogP contribution in [-0.2, 0) is 6.42 Å². The summed E-state index contributed by atoms with van der Waals surface area (Å²) in [5, 5.41) is 5.82. The van der Waals surface area contributed by atoms with Gasteiger partial charge in [0.1, 0.15) is 0 Å². The van der Waals surface area contributed by atoms with Gasteiger partial charge in [0.25, 0.3) is 0 Å². The van der Waals surface area contributed by atoms with E-state index >= 15 is 0 Å². The maximum Gasteiger partial charge on any atom is 0.315 e. The predicted octanol–water partition coefficient (Wildman–Crippen LogP) is 2.72. The van der Waals surface area contributed by atoms with Gasteiger partial charge in [-0.05, 0) is 39.7 Å². The van der Waals surface area contributed by atoms with Crippen LogP contribution in [0.3, 0.4) is 0 Å². The van der Waals surface area contributed by atoms with Gasteiger partial charge in [-0.3, -0.25) is 0 Å². The van der Waals surface area contributed by atoms with Gasteiger partial charge < -0.3 is 10.6 Å². The van der Waals surface area contributed by atoms with Gasteiger partial charge in [0.2, 0.25) is 0 Å². The standard InChI is InChI=1S/C14H22N2O/c1-11(2)15-13(17)16-14(3,4)10-12-8-6-5-7-9-12/h5-9,11H,10H2,1-4H3,(H2,15,16,17). The molecule has 1 aromatic rings. The van der Waals surface area contributed by atoms with E-state index in [0.717, 1.165) is 6.42 Å². The molecule has 2 amide bonds. The van der Waals surface area contributed by atoms with Gasteiger partial charge in [0.15, 0.2) is 0 Å². The maximum absolute atomic E-state index is 11.6. The first kappa shape index (κ1) is 13.6. The van der Waals surface area contributed by atoms with Crippen LogP contribution < -0.4 is 10.6 Å². The molecule has 0 radical (unpaired) electrons. The van der Waals surface area contributed by atoms with E-state index in [2.05, 4.69) is 22.8 Å². The number of benzene rings is 1. The van der Waals surface area contributed by atoms with Crippen LogP contribution in [0.5, 0.6) is 0 Å². The molecule has 0 saturated heterocycles. The lowest BCUT2D eigenvalue weighted by Crippen LogP contribution is -2.51. The van der Waals surface area contributed by atoms with Gasteiger partial charge in [-0.2, -0.15) is 0 Å².